The maximum atomic E-state index is 5.65. The van der Waals surface area contributed by atoms with Gasteiger partial charge in [-0.15, -0.1) is 0 Å². The maximum absolute atomic E-state index is 5.65. The molecule has 0 spiro atoms. The zero-order valence-corrected chi connectivity index (χ0v) is 13.6. The molecule has 0 amide bonds. The Hall–Kier alpha value is -0.620. The van der Waals surface area contributed by atoms with Gasteiger partial charge >= 0.3 is 0 Å². The normalized spacial score (nSPS) is 13.4. The molecule has 5 heteroatoms. The molecule has 1 rings (SSSR count). The number of nitrogens with two attached hydrogens (primary N) is 1. The molecule has 0 heterocycles. The molecule has 0 saturated carbocycles. The van der Waals surface area contributed by atoms with Gasteiger partial charge in [0.1, 0.15) is 5.75 Å². The van der Waals surface area contributed by atoms with Crippen LogP contribution in [0.4, 0.5) is 0 Å². The molecule has 1 aromatic rings. The highest BCUT2D eigenvalue weighted by Gasteiger charge is 2.23. The first-order valence-corrected chi connectivity index (χ1v) is 7.05. The third kappa shape index (κ3) is 5.10. The molecular formula is C14H23BrN2O2. The Morgan fingerprint density at radius 2 is 2.05 bits per heavy atom. The summed E-state index contributed by atoms with van der Waals surface area (Å²) in [5.74, 6) is 6.53. The van der Waals surface area contributed by atoms with Crippen LogP contribution in [0.15, 0.2) is 22.7 Å². The van der Waals surface area contributed by atoms with Gasteiger partial charge in [-0.05, 0) is 50.5 Å². The van der Waals surface area contributed by atoms with E-state index in [0.717, 1.165) is 28.6 Å². The van der Waals surface area contributed by atoms with Crippen LogP contribution in [-0.4, -0.2) is 25.9 Å². The van der Waals surface area contributed by atoms with Crippen LogP contribution in [0.1, 0.15) is 25.8 Å². The van der Waals surface area contributed by atoms with Crippen LogP contribution in [0.5, 0.6) is 5.75 Å². The number of nitrogens with one attached hydrogen (secondary N) is 1. The zero-order valence-electron chi connectivity index (χ0n) is 12.0. The summed E-state index contributed by atoms with van der Waals surface area (Å²) in [7, 11) is 3.39. The lowest BCUT2D eigenvalue weighted by molar-refractivity contribution is 0.00706. The molecule has 1 atom stereocenters. The smallest absolute Gasteiger partial charge is 0.122 e. The Morgan fingerprint density at radius 3 is 2.58 bits per heavy atom. The summed E-state index contributed by atoms with van der Waals surface area (Å²) >= 11 is 3.48. The lowest BCUT2D eigenvalue weighted by atomic mass is 9.94. The first kappa shape index (κ1) is 16.4. The van der Waals surface area contributed by atoms with E-state index in [2.05, 4.69) is 41.3 Å². The van der Waals surface area contributed by atoms with E-state index in [4.69, 9.17) is 15.3 Å². The molecule has 0 aliphatic heterocycles. The molecule has 0 aromatic heterocycles. The van der Waals surface area contributed by atoms with Crippen molar-refractivity contribution in [3.05, 3.63) is 28.2 Å². The van der Waals surface area contributed by atoms with E-state index in [1.807, 2.05) is 12.1 Å². The predicted octanol–water partition coefficient (Wildman–Crippen LogP) is 2.65. The minimum Gasteiger partial charge on any atom is -0.496 e. The number of benzene rings is 1. The van der Waals surface area contributed by atoms with E-state index in [1.54, 1.807) is 14.2 Å². The highest BCUT2D eigenvalue weighted by atomic mass is 79.9. The van der Waals surface area contributed by atoms with Crippen molar-refractivity contribution in [2.24, 2.45) is 5.84 Å². The average molecular weight is 331 g/mol. The number of hydrogen-bond acceptors (Lipinski definition) is 4. The lowest BCUT2D eigenvalue weighted by Crippen LogP contribution is -2.42. The SMILES string of the molecule is COc1ccc(Br)cc1CC(CC(C)(C)OC)NN. The number of halogens is 1. The Balaban J connectivity index is 2.83. The second kappa shape index (κ2) is 7.24. The van der Waals surface area contributed by atoms with Gasteiger partial charge in [0.05, 0.1) is 12.7 Å². The summed E-state index contributed by atoms with van der Waals surface area (Å²) in [6, 6.07) is 6.10. The third-order valence-electron chi connectivity index (χ3n) is 3.24. The van der Waals surface area contributed by atoms with E-state index >= 15 is 0 Å². The first-order valence-electron chi connectivity index (χ1n) is 6.25. The van der Waals surface area contributed by atoms with Crippen molar-refractivity contribution in [3.63, 3.8) is 0 Å². The van der Waals surface area contributed by atoms with Crippen LogP contribution in [0.25, 0.3) is 0 Å². The summed E-state index contributed by atoms with van der Waals surface area (Å²) in [4.78, 5) is 0. The highest BCUT2D eigenvalue weighted by molar-refractivity contribution is 9.10. The Kier molecular flexibility index (Phi) is 6.26. The predicted molar refractivity (Wildman–Crippen MR) is 81.2 cm³/mol. The zero-order chi connectivity index (χ0) is 14.5. The second-order valence-electron chi connectivity index (χ2n) is 5.19. The summed E-state index contributed by atoms with van der Waals surface area (Å²) < 4.78 is 11.9. The standard InChI is InChI=1S/C14H23BrN2O2/c1-14(2,19-4)9-12(17-16)8-10-7-11(15)5-6-13(10)18-3/h5-7,12,17H,8-9,16H2,1-4H3. The van der Waals surface area contributed by atoms with Crippen LogP contribution >= 0.6 is 15.9 Å². The molecule has 0 saturated heterocycles. The molecule has 3 N–H and O–H groups in total. The summed E-state index contributed by atoms with van der Waals surface area (Å²) in [6.07, 6.45) is 1.60. The van der Waals surface area contributed by atoms with E-state index < -0.39 is 0 Å². The molecule has 0 radical (unpaired) electrons. The molecule has 0 bridgehead atoms. The molecule has 4 nitrogen and oxygen atoms in total. The molecule has 108 valence electrons. The fraction of sp³-hybridized carbons (Fsp3) is 0.571. The molecule has 0 aliphatic carbocycles. The molecular weight excluding hydrogens is 308 g/mol. The van der Waals surface area contributed by atoms with E-state index in [0.29, 0.717) is 0 Å². The van der Waals surface area contributed by atoms with Crippen LogP contribution in [0.2, 0.25) is 0 Å². The van der Waals surface area contributed by atoms with Crippen molar-refractivity contribution < 1.29 is 9.47 Å². The van der Waals surface area contributed by atoms with Gasteiger partial charge in [-0.25, -0.2) is 0 Å². The van der Waals surface area contributed by atoms with Gasteiger partial charge in [0.2, 0.25) is 0 Å². The average Bonchev–Trinajstić information content (AvgIpc) is 2.38. The van der Waals surface area contributed by atoms with Gasteiger partial charge < -0.3 is 9.47 Å². The van der Waals surface area contributed by atoms with Gasteiger partial charge in [-0.1, -0.05) is 15.9 Å². The quantitative estimate of drug-likeness (QED) is 0.596. The molecule has 1 unspecified atom stereocenters. The second-order valence-corrected chi connectivity index (χ2v) is 6.11. The number of methoxy groups -OCH3 is 2. The van der Waals surface area contributed by atoms with Crippen LogP contribution in [0.3, 0.4) is 0 Å². The van der Waals surface area contributed by atoms with Crippen LogP contribution in [0, 0.1) is 0 Å². The minimum atomic E-state index is -0.212. The molecule has 0 fully saturated rings. The largest absolute Gasteiger partial charge is 0.496 e. The van der Waals surface area contributed by atoms with Gasteiger partial charge in [0.25, 0.3) is 0 Å². The molecule has 0 aliphatic rings. The molecule has 19 heavy (non-hydrogen) atoms. The van der Waals surface area contributed by atoms with Crippen molar-refractivity contribution in [2.45, 2.75) is 38.3 Å². The first-order chi connectivity index (χ1) is 8.91. The van der Waals surface area contributed by atoms with E-state index in [-0.39, 0.29) is 11.6 Å². The number of hydrogen-bond donors (Lipinski definition) is 2. The Labute approximate surface area is 123 Å². The maximum Gasteiger partial charge on any atom is 0.122 e. The number of hydrazine groups is 1. The van der Waals surface area contributed by atoms with Crippen LogP contribution < -0.4 is 16.0 Å². The highest BCUT2D eigenvalue weighted by Crippen LogP contribution is 2.26. The Morgan fingerprint density at radius 1 is 1.37 bits per heavy atom. The lowest BCUT2D eigenvalue weighted by Gasteiger charge is -2.28. The van der Waals surface area contributed by atoms with Crippen molar-refractivity contribution in [2.75, 3.05) is 14.2 Å². The van der Waals surface area contributed by atoms with Crippen molar-refractivity contribution in [1.29, 1.82) is 0 Å². The van der Waals surface area contributed by atoms with Gasteiger partial charge in [-0.3, -0.25) is 11.3 Å². The van der Waals surface area contributed by atoms with Crippen molar-refractivity contribution in [3.8, 4) is 5.75 Å². The number of rotatable bonds is 7. The minimum absolute atomic E-state index is 0.123. The third-order valence-corrected chi connectivity index (χ3v) is 3.73. The number of ether oxygens (including phenoxy) is 2. The van der Waals surface area contributed by atoms with Crippen molar-refractivity contribution in [1.82, 2.24) is 5.43 Å². The Bertz CT molecular complexity index is 410. The van der Waals surface area contributed by atoms with E-state index in [1.165, 1.54) is 0 Å². The summed E-state index contributed by atoms with van der Waals surface area (Å²) in [5, 5.41) is 0. The fourth-order valence-electron chi connectivity index (χ4n) is 2.04. The fourth-order valence-corrected chi connectivity index (χ4v) is 2.45. The van der Waals surface area contributed by atoms with Gasteiger partial charge in [-0.2, -0.15) is 0 Å². The summed E-state index contributed by atoms with van der Waals surface area (Å²) in [5.41, 5.74) is 3.77. The molecule has 1 aromatic carbocycles. The van der Waals surface area contributed by atoms with Crippen molar-refractivity contribution >= 4 is 15.9 Å². The van der Waals surface area contributed by atoms with E-state index in [9.17, 15) is 0 Å². The van der Waals surface area contributed by atoms with Gasteiger partial charge in [0.15, 0.2) is 0 Å². The monoisotopic (exact) mass is 330 g/mol. The van der Waals surface area contributed by atoms with Gasteiger partial charge in [0, 0.05) is 17.6 Å². The summed E-state index contributed by atoms with van der Waals surface area (Å²) in [6.45, 7) is 4.10. The topological polar surface area (TPSA) is 56.5 Å². The van der Waals surface area contributed by atoms with Crippen LogP contribution in [-0.2, 0) is 11.2 Å².